The van der Waals surface area contributed by atoms with Crippen molar-refractivity contribution in [3.8, 4) is 0 Å². The van der Waals surface area contributed by atoms with Gasteiger partial charge in [-0.15, -0.1) is 11.8 Å². The van der Waals surface area contributed by atoms with Gasteiger partial charge in [-0.1, -0.05) is 93.6 Å². The second-order valence-electron chi connectivity index (χ2n) is 11.1. The van der Waals surface area contributed by atoms with Crippen LogP contribution in [0.2, 0.25) is 0 Å². The molecule has 0 aliphatic rings. The molecule has 0 radical (unpaired) electrons. The Morgan fingerprint density at radius 3 is 2.16 bits per heavy atom. The molecule has 2 atom stereocenters. The predicted octanol–water partition coefficient (Wildman–Crippen LogP) is 7.85. The van der Waals surface area contributed by atoms with E-state index in [2.05, 4.69) is 24.3 Å². The summed E-state index contributed by atoms with van der Waals surface area (Å²) in [5, 5.41) is 29.7. The first-order chi connectivity index (χ1) is 21.3. The van der Waals surface area contributed by atoms with E-state index >= 15 is 0 Å². The second-order valence-corrected chi connectivity index (χ2v) is 12.3. The zero-order chi connectivity index (χ0) is 31.5. The van der Waals surface area contributed by atoms with Gasteiger partial charge in [0.25, 0.3) is 0 Å². The number of carboxylic acid groups (broad SMARTS) is 2. The molecule has 232 valence electrons. The minimum atomic E-state index is -1.69. The SMILES string of the molecule is CCCc1c(SC(c2ccccc2CCCCCCCCc2ccccc2)C(O)C(=O)O)ccc2c(=O)cc(C(=O)O)oc12. The fourth-order valence-electron chi connectivity index (χ4n) is 5.56. The summed E-state index contributed by atoms with van der Waals surface area (Å²) in [4.78, 5) is 37.0. The van der Waals surface area contributed by atoms with E-state index in [9.17, 15) is 29.7 Å². The minimum Gasteiger partial charge on any atom is -0.479 e. The fraction of sp³-hybridized carbons (Fsp3) is 0.361. The smallest absolute Gasteiger partial charge is 0.371 e. The molecule has 3 N–H and O–H groups in total. The van der Waals surface area contributed by atoms with Crippen LogP contribution in [0.3, 0.4) is 0 Å². The lowest BCUT2D eigenvalue weighted by Gasteiger charge is -2.24. The Labute approximate surface area is 261 Å². The third-order valence-corrected chi connectivity index (χ3v) is 9.23. The van der Waals surface area contributed by atoms with Gasteiger partial charge in [0.2, 0.25) is 5.76 Å². The van der Waals surface area contributed by atoms with Crippen LogP contribution in [0.1, 0.15) is 89.9 Å². The average Bonchev–Trinajstić information content (AvgIpc) is 3.02. The summed E-state index contributed by atoms with van der Waals surface area (Å²) >= 11 is 1.20. The predicted molar refractivity (Wildman–Crippen MR) is 174 cm³/mol. The quantitative estimate of drug-likeness (QED) is 0.0809. The Bertz CT molecular complexity index is 1610. The molecule has 44 heavy (non-hydrogen) atoms. The van der Waals surface area contributed by atoms with Crippen molar-refractivity contribution in [2.45, 2.75) is 87.4 Å². The van der Waals surface area contributed by atoms with Crippen LogP contribution in [-0.2, 0) is 24.1 Å². The summed E-state index contributed by atoms with van der Waals surface area (Å²) in [6, 6.07) is 22.4. The van der Waals surface area contributed by atoms with E-state index in [4.69, 9.17) is 4.42 Å². The van der Waals surface area contributed by atoms with Crippen molar-refractivity contribution < 1.29 is 29.3 Å². The molecule has 4 aromatic rings. The number of carbonyl (C=O) groups is 2. The van der Waals surface area contributed by atoms with Crippen LogP contribution in [0.4, 0.5) is 0 Å². The van der Waals surface area contributed by atoms with E-state index in [1.807, 2.05) is 37.3 Å². The highest BCUT2D eigenvalue weighted by molar-refractivity contribution is 7.99. The second kappa shape index (κ2) is 16.3. The van der Waals surface area contributed by atoms with Crippen molar-refractivity contribution in [2.75, 3.05) is 0 Å². The summed E-state index contributed by atoms with van der Waals surface area (Å²) < 4.78 is 5.68. The highest BCUT2D eigenvalue weighted by atomic mass is 32.2. The first-order valence-electron chi connectivity index (χ1n) is 15.3. The summed E-state index contributed by atoms with van der Waals surface area (Å²) in [6.45, 7) is 1.95. The normalized spacial score (nSPS) is 12.7. The number of aryl methyl sites for hydroxylation is 3. The zero-order valence-electron chi connectivity index (χ0n) is 25.0. The molecule has 0 fully saturated rings. The Balaban J connectivity index is 1.50. The summed E-state index contributed by atoms with van der Waals surface area (Å²) in [5.41, 5.74) is 3.47. The van der Waals surface area contributed by atoms with Gasteiger partial charge in [-0.2, -0.15) is 0 Å². The maximum atomic E-state index is 12.7. The molecule has 2 unspecified atom stereocenters. The molecule has 3 aromatic carbocycles. The number of aliphatic carboxylic acids is 1. The van der Waals surface area contributed by atoms with E-state index in [-0.39, 0.29) is 11.0 Å². The van der Waals surface area contributed by atoms with Gasteiger partial charge in [-0.3, -0.25) is 4.79 Å². The molecule has 0 saturated heterocycles. The fourth-order valence-corrected chi connectivity index (χ4v) is 6.92. The van der Waals surface area contributed by atoms with E-state index in [1.165, 1.54) is 36.6 Å². The third kappa shape index (κ3) is 8.61. The summed E-state index contributed by atoms with van der Waals surface area (Å²) in [6.07, 6.45) is 8.03. The Morgan fingerprint density at radius 2 is 1.48 bits per heavy atom. The molecule has 1 aromatic heterocycles. The van der Waals surface area contributed by atoms with Gasteiger partial charge < -0.3 is 19.7 Å². The number of carboxylic acids is 2. The molecular weight excluding hydrogens is 576 g/mol. The summed E-state index contributed by atoms with van der Waals surface area (Å²) in [7, 11) is 0. The minimum absolute atomic E-state index is 0.183. The molecule has 1 heterocycles. The molecule has 0 aliphatic heterocycles. The standard InChI is InChI=1S/C36H40O7S/c1-2-14-28-31(22-21-27-29(37)23-30(35(39)40)43-33(27)28)44-34(32(38)36(41)42)26-20-13-12-19-25(26)18-11-6-4-3-5-8-15-24-16-9-7-10-17-24/h7,9-10,12-13,16-17,19-23,32,34,38H,2-6,8,11,14-15,18H2,1H3,(H,39,40)(H,41,42). The van der Waals surface area contributed by atoms with Gasteiger partial charge in [0.15, 0.2) is 11.5 Å². The monoisotopic (exact) mass is 616 g/mol. The number of aliphatic hydroxyl groups is 1. The average molecular weight is 617 g/mol. The molecule has 4 rings (SSSR count). The van der Waals surface area contributed by atoms with Gasteiger partial charge in [-0.05, 0) is 60.9 Å². The van der Waals surface area contributed by atoms with Crippen molar-refractivity contribution in [3.63, 3.8) is 0 Å². The van der Waals surface area contributed by atoms with Crippen LogP contribution in [0.15, 0.2) is 86.9 Å². The molecule has 0 amide bonds. The lowest BCUT2D eigenvalue weighted by Crippen LogP contribution is -2.26. The van der Waals surface area contributed by atoms with Gasteiger partial charge in [0.05, 0.1) is 10.6 Å². The van der Waals surface area contributed by atoms with Crippen LogP contribution in [-0.4, -0.2) is 33.4 Å². The molecule has 0 saturated carbocycles. The van der Waals surface area contributed by atoms with Crippen molar-refractivity contribution in [3.05, 3.63) is 111 Å². The lowest BCUT2D eigenvalue weighted by molar-refractivity contribution is -0.146. The number of benzene rings is 3. The Kier molecular flexibility index (Phi) is 12.2. The number of aliphatic hydroxyl groups excluding tert-OH is 1. The Morgan fingerprint density at radius 1 is 0.818 bits per heavy atom. The van der Waals surface area contributed by atoms with Gasteiger partial charge in [0, 0.05) is 16.5 Å². The number of unbranched alkanes of at least 4 members (excludes halogenated alkanes) is 5. The van der Waals surface area contributed by atoms with E-state index in [0.29, 0.717) is 23.3 Å². The Hall–Kier alpha value is -3.88. The van der Waals surface area contributed by atoms with Crippen molar-refractivity contribution in [2.24, 2.45) is 0 Å². The van der Waals surface area contributed by atoms with E-state index < -0.39 is 34.5 Å². The van der Waals surface area contributed by atoms with Crippen molar-refractivity contribution in [1.82, 2.24) is 0 Å². The number of thioether (sulfide) groups is 1. The maximum absolute atomic E-state index is 12.7. The largest absolute Gasteiger partial charge is 0.479 e. The third-order valence-electron chi connectivity index (χ3n) is 7.83. The molecule has 0 aliphatic carbocycles. The van der Waals surface area contributed by atoms with Crippen molar-refractivity contribution >= 4 is 34.7 Å². The van der Waals surface area contributed by atoms with Crippen molar-refractivity contribution in [1.29, 1.82) is 0 Å². The van der Waals surface area contributed by atoms with E-state index in [1.54, 1.807) is 12.1 Å². The number of hydrogen-bond donors (Lipinski definition) is 3. The van der Waals surface area contributed by atoms with Gasteiger partial charge in [0.1, 0.15) is 5.58 Å². The molecule has 8 heteroatoms. The molecule has 0 spiro atoms. The number of hydrogen-bond acceptors (Lipinski definition) is 6. The molecular formula is C36H40O7S. The number of fused-ring (bicyclic) bond motifs is 1. The topological polar surface area (TPSA) is 125 Å². The van der Waals surface area contributed by atoms with Crippen LogP contribution < -0.4 is 5.43 Å². The lowest BCUT2D eigenvalue weighted by atomic mass is 9.96. The first-order valence-corrected chi connectivity index (χ1v) is 16.2. The number of aromatic carboxylic acids is 1. The molecule has 7 nitrogen and oxygen atoms in total. The van der Waals surface area contributed by atoms with Crippen LogP contribution in [0.5, 0.6) is 0 Å². The van der Waals surface area contributed by atoms with Crippen LogP contribution in [0.25, 0.3) is 11.0 Å². The van der Waals surface area contributed by atoms with E-state index in [0.717, 1.165) is 49.3 Å². The van der Waals surface area contributed by atoms with Crippen LogP contribution in [0, 0.1) is 0 Å². The first kappa shape index (κ1) is 33.0. The van der Waals surface area contributed by atoms with Gasteiger partial charge in [-0.25, -0.2) is 9.59 Å². The zero-order valence-corrected chi connectivity index (χ0v) is 25.9. The maximum Gasteiger partial charge on any atom is 0.371 e. The number of rotatable bonds is 17. The highest BCUT2D eigenvalue weighted by Gasteiger charge is 2.31. The van der Waals surface area contributed by atoms with Crippen LogP contribution >= 0.6 is 11.8 Å². The highest BCUT2D eigenvalue weighted by Crippen LogP contribution is 2.43. The summed E-state index contributed by atoms with van der Waals surface area (Å²) in [5.74, 6) is -3.12. The molecule has 0 bridgehead atoms. The van der Waals surface area contributed by atoms with Gasteiger partial charge >= 0.3 is 11.9 Å².